The number of nitrogens with one attached hydrogen (secondary N) is 2. The van der Waals surface area contributed by atoms with Crippen molar-refractivity contribution in [1.82, 2.24) is 14.9 Å². The number of urea groups is 1. The van der Waals surface area contributed by atoms with E-state index in [2.05, 4.69) is 27.4 Å². The van der Waals surface area contributed by atoms with E-state index >= 15 is 0 Å². The summed E-state index contributed by atoms with van der Waals surface area (Å²) >= 11 is 0. The van der Waals surface area contributed by atoms with Crippen LogP contribution in [-0.2, 0) is 0 Å². The minimum Gasteiger partial charge on any atom is -0.497 e. The second-order valence-electron chi connectivity index (χ2n) is 8.15. The van der Waals surface area contributed by atoms with Crippen LogP contribution in [0.25, 0.3) is 0 Å². The highest BCUT2D eigenvalue weighted by Gasteiger charge is 2.23. The van der Waals surface area contributed by atoms with E-state index in [1.165, 1.54) is 5.56 Å². The Morgan fingerprint density at radius 3 is 2.32 bits per heavy atom. The number of aryl methyl sites for hydroxylation is 2. The highest BCUT2D eigenvalue weighted by molar-refractivity contribution is 5.91. The zero-order valence-electron chi connectivity index (χ0n) is 20.0. The molecule has 9 heteroatoms. The number of methoxy groups -OCH3 is 2. The molecule has 2 aromatic carbocycles. The number of anilines is 4. The molecular weight excluding hydrogens is 432 g/mol. The van der Waals surface area contributed by atoms with E-state index in [1.54, 1.807) is 37.3 Å². The molecule has 0 bridgehead atoms. The van der Waals surface area contributed by atoms with Gasteiger partial charge >= 0.3 is 6.03 Å². The Bertz CT molecular complexity index is 1140. The van der Waals surface area contributed by atoms with E-state index in [0.717, 1.165) is 17.2 Å². The van der Waals surface area contributed by atoms with Crippen molar-refractivity contribution in [3.63, 3.8) is 0 Å². The predicted molar refractivity (Wildman–Crippen MR) is 134 cm³/mol. The first-order chi connectivity index (χ1) is 16.4. The van der Waals surface area contributed by atoms with E-state index in [1.807, 2.05) is 37.3 Å². The first-order valence-electron chi connectivity index (χ1n) is 11.2. The van der Waals surface area contributed by atoms with Crippen molar-refractivity contribution in [3.05, 3.63) is 59.8 Å². The van der Waals surface area contributed by atoms with E-state index < -0.39 is 0 Å². The first-order valence-corrected chi connectivity index (χ1v) is 11.2. The van der Waals surface area contributed by atoms with Crippen LogP contribution in [-0.4, -0.2) is 61.3 Å². The molecule has 0 radical (unpaired) electrons. The summed E-state index contributed by atoms with van der Waals surface area (Å²) in [6, 6.07) is 15.2. The number of rotatable bonds is 6. The number of carbonyl (C=O) groups is 1. The Hall–Kier alpha value is -4.01. The third-order valence-corrected chi connectivity index (χ3v) is 5.69. The molecule has 9 nitrogen and oxygen atoms in total. The van der Waals surface area contributed by atoms with Crippen LogP contribution in [0.1, 0.15) is 11.3 Å². The van der Waals surface area contributed by atoms with Crippen LogP contribution in [0, 0.1) is 13.8 Å². The summed E-state index contributed by atoms with van der Waals surface area (Å²) in [5.74, 6) is 2.63. The summed E-state index contributed by atoms with van der Waals surface area (Å²) in [5, 5.41) is 6.22. The van der Waals surface area contributed by atoms with Gasteiger partial charge in [-0.25, -0.2) is 9.78 Å². The van der Waals surface area contributed by atoms with Gasteiger partial charge in [0.2, 0.25) is 5.95 Å². The van der Waals surface area contributed by atoms with Crippen LogP contribution in [0.4, 0.5) is 27.9 Å². The lowest BCUT2D eigenvalue weighted by Crippen LogP contribution is -2.50. The summed E-state index contributed by atoms with van der Waals surface area (Å²) in [7, 11) is 3.15. The summed E-state index contributed by atoms with van der Waals surface area (Å²) < 4.78 is 10.6. The average molecular weight is 463 g/mol. The van der Waals surface area contributed by atoms with E-state index in [9.17, 15) is 4.79 Å². The monoisotopic (exact) mass is 462 g/mol. The first kappa shape index (κ1) is 23.2. The number of hydrogen-bond acceptors (Lipinski definition) is 7. The van der Waals surface area contributed by atoms with Gasteiger partial charge in [-0.15, -0.1) is 0 Å². The largest absolute Gasteiger partial charge is 0.497 e. The zero-order chi connectivity index (χ0) is 24.1. The van der Waals surface area contributed by atoms with Crippen molar-refractivity contribution in [2.24, 2.45) is 0 Å². The lowest BCUT2D eigenvalue weighted by molar-refractivity contribution is 0.208. The number of amides is 2. The fraction of sp³-hybridized carbons (Fsp3) is 0.320. The van der Waals surface area contributed by atoms with Gasteiger partial charge < -0.3 is 29.9 Å². The molecule has 2 N–H and O–H groups in total. The Kier molecular flexibility index (Phi) is 7.01. The molecule has 1 aromatic heterocycles. The van der Waals surface area contributed by atoms with Gasteiger partial charge in [0, 0.05) is 49.7 Å². The SMILES string of the molecule is COc1ccc(NC(=O)N2CCN(c3cc(C)nc(Nc4ccc(C)cc4)n3)CC2)c(OC)c1. The van der Waals surface area contributed by atoms with Crippen molar-refractivity contribution >= 4 is 29.2 Å². The Morgan fingerprint density at radius 2 is 1.65 bits per heavy atom. The Morgan fingerprint density at radius 1 is 0.912 bits per heavy atom. The van der Waals surface area contributed by atoms with Gasteiger partial charge in [0.05, 0.1) is 19.9 Å². The topological polar surface area (TPSA) is 91.9 Å². The molecule has 178 valence electrons. The van der Waals surface area contributed by atoms with Crippen LogP contribution >= 0.6 is 0 Å². The van der Waals surface area contributed by atoms with Gasteiger partial charge in [0.15, 0.2) is 0 Å². The summed E-state index contributed by atoms with van der Waals surface area (Å²) in [6.07, 6.45) is 0. The molecule has 3 aromatic rings. The number of benzene rings is 2. The zero-order valence-corrected chi connectivity index (χ0v) is 20.0. The molecule has 1 saturated heterocycles. The number of aromatic nitrogens is 2. The number of hydrogen-bond donors (Lipinski definition) is 2. The Balaban J connectivity index is 1.38. The maximum absolute atomic E-state index is 12.8. The van der Waals surface area contributed by atoms with E-state index in [0.29, 0.717) is 49.3 Å². The maximum Gasteiger partial charge on any atom is 0.322 e. The van der Waals surface area contributed by atoms with Crippen LogP contribution in [0.3, 0.4) is 0 Å². The van der Waals surface area contributed by atoms with Crippen LogP contribution in [0.15, 0.2) is 48.5 Å². The van der Waals surface area contributed by atoms with Crippen molar-refractivity contribution in [2.45, 2.75) is 13.8 Å². The smallest absolute Gasteiger partial charge is 0.322 e. The highest BCUT2D eigenvalue weighted by Crippen LogP contribution is 2.29. The molecule has 0 unspecified atom stereocenters. The normalized spacial score (nSPS) is 13.4. The molecule has 0 spiro atoms. The molecule has 0 atom stereocenters. The van der Waals surface area contributed by atoms with Crippen molar-refractivity contribution in [3.8, 4) is 11.5 Å². The predicted octanol–water partition coefficient (Wildman–Crippen LogP) is 4.21. The maximum atomic E-state index is 12.8. The standard InChI is InChI=1S/C25H30N6O3/c1-17-5-7-19(8-6-17)27-24-26-18(2)15-23(29-24)30-11-13-31(14-12-30)25(32)28-21-10-9-20(33-3)16-22(21)34-4/h5-10,15-16H,11-14H2,1-4H3,(H,28,32)(H,26,27,29). The van der Waals surface area contributed by atoms with E-state index in [-0.39, 0.29) is 6.03 Å². The second kappa shape index (κ2) is 10.3. The molecule has 34 heavy (non-hydrogen) atoms. The molecule has 2 heterocycles. The van der Waals surface area contributed by atoms with E-state index in [4.69, 9.17) is 14.5 Å². The van der Waals surface area contributed by atoms with Crippen molar-refractivity contribution < 1.29 is 14.3 Å². The van der Waals surface area contributed by atoms with Gasteiger partial charge in [-0.05, 0) is 38.1 Å². The third kappa shape index (κ3) is 5.48. The minimum atomic E-state index is -0.163. The summed E-state index contributed by atoms with van der Waals surface area (Å²) in [5.41, 5.74) is 3.63. The van der Waals surface area contributed by atoms with Gasteiger partial charge in [0.25, 0.3) is 0 Å². The third-order valence-electron chi connectivity index (χ3n) is 5.69. The van der Waals surface area contributed by atoms with Gasteiger partial charge in [-0.2, -0.15) is 4.98 Å². The van der Waals surface area contributed by atoms with Crippen LogP contribution < -0.4 is 25.0 Å². The molecular formula is C25H30N6O3. The molecule has 2 amide bonds. The van der Waals surface area contributed by atoms with Gasteiger partial charge in [0.1, 0.15) is 17.3 Å². The summed E-state index contributed by atoms with van der Waals surface area (Å²) in [4.78, 5) is 26.0. The quantitative estimate of drug-likeness (QED) is 0.567. The lowest BCUT2D eigenvalue weighted by Gasteiger charge is -2.35. The molecule has 1 aliphatic rings. The molecule has 1 aliphatic heterocycles. The van der Waals surface area contributed by atoms with Gasteiger partial charge in [-0.1, -0.05) is 17.7 Å². The Labute approximate surface area is 199 Å². The van der Waals surface area contributed by atoms with Crippen LogP contribution in [0.2, 0.25) is 0 Å². The molecule has 4 rings (SSSR count). The minimum absolute atomic E-state index is 0.163. The molecule has 1 fully saturated rings. The van der Waals surface area contributed by atoms with Gasteiger partial charge in [-0.3, -0.25) is 0 Å². The number of ether oxygens (including phenoxy) is 2. The number of piperazine rings is 1. The average Bonchev–Trinajstić information content (AvgIpc) is 2.85. The fourth-order valence-electron chi connectivity index (χ4n) is 3.77. The summed E-state index contributed by atoms with van der Waals surface area (Å²) in [6.45, 7) is 6.51. The van der Waals surface area contributed by atoms with Crippen molar-refractivity contribution in [2.75, 3.05) is 55.9 Å². The lowest BCUT2D eigenvalue weighted by atomic mass is 10.2. The second-order valence-corrected chi connectivity index (χ2v) is 8.15. The van der Waals surface area contributed by atoms with Crippen molar-refractivity contribution in [1.29, 1.82) is 0 Å². The highest BCUT2D eigenvalue weighted by atomic mass is 16.5. The van der Waals surface area contributed by atoms with Crippen LogP contribution in [0.5, 0.6) is 11.5 Å². The molecule has 0 aliphatic carbocycles. The fourth-order valence-corrected chi connectivity index (χ4v) is 3.77. The molecule has 0 saturated carbocycles. The number of nitrogens with zero attached hydrogens (tertiary/aromatic N) is 4. The number of carbonyl (C=O) groups excluding carboxylic acids is 1.